The maximum Gasteiger partial charge on any atom is 0.203 e. The van der Waals surface area contributed by atoms with Gasteiger partial charge < -0.3 is 4.52 Å². The van der Waals surface area contributed by atoms with Crippen molar-refractivity contribution in [3.05, 3.63) is 0 Å². The Hall–Kier alpha value is 0.190. The van der Waals surface area contributed by atoms with Crippen molar-refractivity contribution in [2.24, 2.45) is 17.8 Å². The van der Waals surface area contributed by atoms with Crippen LogP contribution in [0.5, 0.6) is 0 Å². The number of hydrogen-bond donors (Lipinski definition) is 0. The Morgan fingerprint density at radius 3 is 2.30 bits per heavy atom. The van der Waals surface area contributed by atoms with Crippen LogP contribution in [0, 0.1) is 17.8 Å². The van der Waals surface area contributed by atoms with Gasteiger partial charge in [0.25, 0.3) is 0 Å². The molecule has 0 saturated heterocycles. The molecule has 2 saturated carbocycles. The molecule has 20 heavy (non-hydrogen) atoms. The minimum absolute atomic E-state index is 0.233. The molecule has 0 heterocycles. The van der Waals surface area contributed by atoms with Gasteiger partial charge in [-0.15, -0.1) is 0 Å². The minimum Gasteiger partial charge on any atom is -0.325 e. The first kappa shape index (κ1) is 16.6. The van der Waals surface area contributed by atoms with Gasteiger partial charge in [-0.05, 0) is 43.4 Å². The highest BCUT2D eigenvalue weighted by Gasteiger charge is 2.38. The third-order valence-corrected chi connectivity index (χ3v) is 8.08. The molecule has 4 atom stereocenters. The van der Waals surface area contributed by atoms with Crippen LogP contribution in [0.2, 0.25) is 0 Å². The second-order valence-electron chi connectivity index (χ2n) is 7.67. The van der Waals surface area contributed by atoms with Crippen molar-refractivity contribution in [1.29, 1.82) is 0 Å². The van der Waals surface area contributed by atoms with Crippen LogP contribution in [-0.4, -0.2) is 18.4 Å². The number of hydrogen-bond acceptors (Lipinski definition) is 2. The highest BCUT2D eigenvalue weighted by Crippen LogP contribution is 2.56. The lowest BCUT2D eigenvalue weighted by Gasteiger charge is -2.40. The zero-order chi connectivity index (χ0) is 14.8. The van der Waals surface area contributed by atoms with Gasteiger partial charge >= 0.3 is 0 Å². The molecule has 0 aliphatic heterocycles. The summed E-state index contributed by atoms with van der Waals surface area (Å²) in [6.07, 6.45) is 9.90. The van der Waals surface area contributed by atoms with E-state index in [0.717, 1.165) is 25.2 Å². The monoisotopic (exact) mass is 300 g/mol. The lowest BCUT2D eigenvalue weighted by atomic mass is 9.75. The van der Waals surface area contributed by atoms with Gasteiger partial charge in [-0.25, -0.2) is 0 Å². The lowest BCUT2D eigenvalue weighted by molar-refractivity contribution is 0.0471. The Kier molecular flexibility index (Phi) is 5.77. The standard InChI is InChI=1S/C17H33O2P/c1-13(2)16-11-10-14(3)12-17(16)19-20(4,18)15-8-6-5-7-9-15/h13-17H,5-12H2,1-4H3. The van der Waals surface area contributed by atoms with Gasteiger partial charge in [0.2, 0.25) is 7.37 Å². The fourth-order valence-corrected chi connectivity index (χ4v) is 6.40. The van der Waals surface area contributed by atoms with Crippen molar-refractivity contribution in [2.45, 2.75) is 83.9 Å². The van der Waals surface area contributed by atoms with Crippen LogP contribution in [0.25, 0.3) is 0 Å². The van der Waals surface area contributed by atoms with Crippen LogP contribution in [0.4, 0.5) is 0 Å². The maximum absolute atomic E-state index is 13.1. The Morgan fingerprint density at radius 2 is 1.70 bits per heavy atom. The summed E-state index contributed by atoms with van der Waals surface area (Å²) in [4.78, 5) is 0. The first-order chi connectivity index (χ1) is 9.40. The molecule has 2 nitrogen and oxygen atoms in total. The second kappa shape index (κ2) is 6.97. The van der Waals surface area contributed by atoms with E-state index in [-0.39, 0.29) is 6.10 Å². The minimum atomic E-state index is -2.44. The summed E-state index contributed by atoms with van der Waals surface area (Å²) in [6, 6.07) is 0. The van der Waals surface area contributed by atoms with Crippen LogP contribution in [0.15, 0.2) is 0 Å². The van der Waals surface area contributed by atoms with Crippen LogP contribution in [0.3, 0.4) is 0 Å². The van der Waals surface area contributed by atoms with E-state index in [4.69, 9.17) is 4.52 Å². The molecular formula is C17H33O2P. The van der Waals surface area contributed by atoms with Gasteiger partial charge in [0, 0.05) is 12.3 Å². The van der Waals surface area contributed by atoms with Crippen molar-refractivity contribution < 1.29 is 9.09 Å². The Bertz CT molecular complexity index is 347. The Morgan fingerprint density at radius 1 is 1.05 bits per heavy atom. The third-order valence-electron chi connectivity index (χ3n) is 5.54. The third kappa shape index (κ3) is 4.10. The molecule has 3 heteroatoms. The van der Waals surface area contributed by atoms with Crippen LogP contribution >= 0.6 is 7.37 Å². The lowest BCUT2D eigenvalue weighted by Crippen LogP contribution is -2.34. The molecule has 2 aliphatic carbocycles. The summed E-state index contributed by atoms with van der Waals surface area (Å²) in [5.41, 5.74) is 0.335. The van der Waals surface area contributed by atoms with E-state index >= 15 is 0 Å². The Balaban J connectivity index is 2.02. The molecule has 0 aromatic rings. The normalized spacial score (nSPS) is 36.0. The molecule has 118 valence electrons. The molecule has 2 aliphatic rings. The van der Waals surface area contributed by atoms with Gasteiger partial charge in [-0.1, -0.05) is 46.5 Å². The molecular weight excluding hydrogens is 267 g/mol. The fraction of sp³-hybridized carbons (Fsp3) is 1.00. The average molecular weight is 300 g/mol. The van der Waals surface area contributed by atoms with E-state index in [1.165, 1.54) is 32.1 Å². The van der Waals surface area contributed by atoms with E-state index in [0.29, 0.717) is 17.5 Å². The Labute approximate surface area is 125 Å². The van der Waals surface area contributed by atoms with E-state index in [2.05, 4.69) is 20.8 Å². The van der Waals surface area contributed by atoms with Gasteiger partial charge in [0.15, 0.2) is 0 Å². The zero-order valence-corrected chi connectivity index (χ0v) is 14.7. The highest BCUT2D eigenvalue weighted by molar-refractivity contribution is 7.58. The van der Waals surface area contributed by atoms with Crippen molar-refractivity contribution in [3.63, 3.8) is 0 Å². The van der Waals surface area contributed by atoms with Crippen molar-refractivity contribution in [2.75, 3.05) is 6.66 Å². The van der Waals surface area contributed by atoms with Gasteiger partial charge in [0.1, 0.15) is 0 Å². The summed E-state index contributed by atoms with van der Waals surface area (Å²) < 4.78 is 19.4. The molecule has 2 rings (SSSR count). The largest absolute Gasteiger partial charge is 0.325 e. The summed E-state index contributed by atoms with van der Waals surface area (Å²) >= 11 is 0. The quantitative estimate of drug-likeness (QED) is 0.622. The zero-order valence-electron chi connectivity index (χ0n) is 13.8. The first-order valence-corrected chi connectivity index (χ1v) is 10.8. The van der Waals surface area contributed by atoms with Crippen molar-refractivity contribution in [1.82, 2.24) is 0 Å². The van der Waals surface area contributed by atoms with E-state index < -0.39 is 7.37 Å². The van der Waals surface area contributed by atoms with E-state index in [9.17, 15) is 4.57 Å². The van der Waals surface area contributed by atoms with Gasteiger partial charge in [0.05, 0.1) is 6.10 Å². The van der Waals surface area contributed by atoms with E-state index in [1.807, 2.05) is 6.66 Å². The molecule has 0 amide bonds. The molecule has 0 bridgehead atoms. The first-order valence-electron chi connectivity index (χ1n) is 8.65. The summed E-state index contributed by atoms with van der Waals surface area (Å²) in [6.45, 7) is 8.81. The second-order valence-corrected chi connectivity index (χ2v) is 10.4. The summed E-state index contributed by atoms with van der Waals surface area (Å²) in [7, 11) is -2.44. The molecule has 4 unspecified atom stereocenters. The molecule has 0 radical (unpaired) electrons. The van der Waals surface area contributed by atoms with Crippen molar-refractivity contribution in [3.8, 4) is 0 Å². The molecule has 0 N–H and O–H groups in total. The highest BCUT2D eigenvalue weighted by atomic mass is 31.2. The van der Waals surface area contributed by atoms with E-state index in [1.54, 1.807) is 0 Å². The molecule has 0 aromatic carbocycles. The molecule has 2 fully saturated rings. The van der Waals surface area contributed by atoms with Gasteiger partial charge in [-0.2, -0.15) is 0 Å². The molecule has 0 aromatic heterocycles. The number of rotatable bonds is 4. The molecule has 0 spiro atoms. The fourth-order valence-electron chi connectivity index (χ4n) is 4.14. The van der Waals surface area contributed by atoms with Crippen LogP contribution < -0.4 is 0 Å². The summed E-state index contributed by atoms with van der Waals surface area (Å²) in [5.74, 6) is 1.96. The van der Waals surface area contributed by atoms with Crippen LogP contribution in [0.1, 0.15) is 72.1 Å². The van der Waals surface area contributed by atoms with Crippen LogP contribution in [-0.2, 0) is 9.09 Å². The topological polar surface area (TPSA) is 26.3 Å². The van der Waals surface area contributed by atoms with Crippen molar-refractivity contribution >= 4 is 7.37 Å². The smallest absolute Gasteiger partial charge is 0.203 e. The average Bonchev–Trinajstić information content (AvgIpc) is 2.39. The summed E-state index contributed by atoms with van der Waals surface area (Å²) in [5, 5.41) is 0. The predicted molar refractivity (Wildman–Crippen MR) is 86.6 cm³/mol. The maximum atomic E-state index is 13.1. The predicted octanol–water partition coefficient (Wildman–Crippen LogP) is 5.70. The van der Waals surface area contributed by atoms with Gasteiger partial charge in [-0.3, -0.25) is 4.57 Å². The SMILES string of the molecule is CC1CCC(C(C)C)C(OP(C)(=O)C2CCCCC2)C1.